The third-order valence-corrected chi connectivity index (χ3v) is 3.87. The van der Waals surface area contributed by atoms with E-state index >= 15 is 0 Å². The molecule has 0 spiro atoms. The van der Waals surface area contributed by atoms with Crippen molar-refractivity contribution >= 4 is 17.5 Å². The first-order valence-corrected chi connectivity index (χ1v) is 7.03. The zero-order valence-electron chi connectivity index (χ0n) is 11.3. The highest BCUT2D eigenvalue weighted by molar-refractivity contribution is 6.30. The van der Waals surface area contributed by atoms with Gasteiger partial charge in [0.1, 0.15) is 5.82 Å². The summed E-state index contributed by atoms with van der Waals surface area (Å²) in [6.45, 7) is 4.27. The average molecular weight is 284 g/mol. The second-order valence-corrected chi connectivity index (χ2v) is 6.26. The largest absolute Gasteiger partial charge is 0.350 e. The Morgan fingerprint density at radius 2 is 2.21 bits per heavy atom. The molecular formula is C15H19ClFNO. The van der Waals surface area contributed by atoms with Crippen molar-refractivity contribution in [1.82, 2.24) is 5.32 Å². The number of carbonyl (C=O) groups excluding carboxylic acids is 1. The molecule has 19 heavy (non-hydrogen) atoms. The number of nitrogens with one attached hydrogen (secondary N) is 1. The molecule has 104 valence electrons. The minimum absolute atomic E-state index is 0.0927. The van der Waals surface area contributed by atoms with Crippen LogP contribution in [0.25, 0.3) is 0 Å². The molecule has 1 aliphatic heterocycles. The van der Waals surface area contributed by atoms with E-state index in [4.69, 9.17) is 11.6 Å². The lowest BCUT2D eigenvalue weighted by Crippen LogP contribution is -2.44. The zero-order chi connectivity index (χ0) is 14.0. The van der Waals surface area contributed by atoms with Crippen LogP contribution >= 0.6 is 11.6 Å². The van der Waals surface area contributed by atoms with Gasteiger partial charge in [0, 0.05) is 12.0 Å². The topological polar surface area (TPSA) is 29.1 Å². The smallest absolute Gasteiger partial charge is 0.220 e. The van der Waals surface area contributed by atoms with Gasteiger partial charge in [0.05, 0.1) is 5.02 Å². The number of halogens is 2. The normalized spacial score (nSPS) is 22.9. The molecule has 1 fully saturated rings. The fourth-order valence-corrected chi connectivity index (χ4v) is 3.07. The third-order valence-electron chi connectivity index (χ3n) is 3.56. The van der Waals surface area contributed by atoms with Crippen LogP contribution in [0.5, 0.6) is 0 Å². The van der Waals surface area contributed by atoms with E-state index in [1.165, 1.54) is 6.07 Å². The second-order valence-electron chi connectivity index (χ2n) is 5.85. The predicted octanol–water partition coefficient (Wildman–Crippen LogP) is 3.72. The molecule has 1 aromatic rings. The molecule has 1 amide bonds. The van der Waals surface area contributed by atoms with Crippen molar-refractivity contribution in [2.75, 3.05) is 0 Å². The highest BCUT2D eigenvalue weighted by Gasteiger charge is 2.38. The Morgan fingerprint density at radius 1 is 1.47 bits per heavy atom. The monoisotopic (exact) mass is 283 g/mol. The summed E-state index contributed by atoms with van der Waals surface area (Å²) in [5, 5.41) is 3.22. The van der Waals surface area contributed by atoms with Gasteiger partial charge >= 0.3 is 0 Å². The van der Waals surface area contributed by atoms with Crippen LogP contribution in [-0.4, -0.2) is 11.4 Å². The molecule has 1 atom stereocenters. The van der Waals surface area contributed by atoms with E-state index in [-0.39, 0.29) is 16.5 Å². The van der Waals surface area contributed by atoms with Gasteiger partial charge in [0.25, 0.3) is 0 Å². The van der Waals surface area contributed by atoms with E-state index < -0.39 is 5.82 Å². The van der Waals surface area contributed by atoms with E-state index in [1.54, 1.807) is 6.07 Å². The van der Waals surface area contributed by atoms with Crippen molar-refractivity contribution in [3.8, 4) is 0 Å². The standard InChI is InChI=1S/C15H19ClFNO/c1-10(2)8-15(6-5-14(19)18-15)9-11-3-4-12(16)13(17)7-11/h3-4,7,10H,5-6,8-9H2,1-2H3,(H,18,19). The summed E-state index contributed by atoms with van der Waals surface area (Å²) in [7, 11) is 0. The molecule has 0 aromatic heterocycles. The van der Waals surface area contributed by atoms with Crippen LogP contribution in [0.1, 0.15) is 38.7 Å². The van der Waals surface area contributed by atoms with Crippen molar-refractivity contribution in [2.24, 2.45) is 5.92 Å². The van der Waals surface area contributed by atoms with Crippen molar-refractivity contribution in [3.05, 3.63) is 34.6 Å². The lowest BCUT2D eigenvalue weighted by atomic mass is 9.82. The summed E-state index contributed by atoms with van der Waals surface area (Å²) >= 11 is 5.69. The van der Waals surface area contributed by atoms with Crippen LogP contribution in [0.2, 0.25) is 5.02 Å². The number of benzene rings is 1. The van der Waals surface area contributed by atoms with Gasteiger partial charge in [-0.1, -0.05) is 31.5 Å². The summed E-state index contributed by atoms with van der Waals surface area (Å²) in [5.74, 6) is 0.175. The highest BCUT2D eigenvalue weighted by Crippen LogP contribution is 2.31. The number of rotatable bonds is 4. The van der Waals surface area contributed by atoms with Gasteiger partial charge in [-0.3, -0.25) is 4.79 Å². The molecule has 1 heterocycles. The van der Waals surface area contributed by atoms with Crippen LogP contribution in [0.4, 0.5) is 4.39 Å². The summed E-state index contributed by atoms with van der Waals surface area (Å²) in [6, 6.07) is 4.87. The molecule has 4 heteroatoms. The van der Waals surface area contributed by atoms with E-state index in [9.17, 15) is 9.18 Å². The Kier molecular flexibility index (Phi) is 4.14. The van der Waals surface area contributed by atoms with Crippen molar-refractivity contribution in [1.29, 1.82) is 0 Å². The highest BCUT2D eigenvalue weighted by atomic mass is 35.5. The number of carbonyl (C=O) groups is 1. The fourth-order valence-electron chi connectivity index (χ4n) is 2.95. The summed E-state index contributed by atoms with van der Waals surface area (Å²) < 4.78 is 13.5. The first kappa shape index (κ1) is 14.3. The maximum atomic E-state index is 13.5. The molecule has 0 saturated carbocycles. The van der Waals surface area contributed by atoms with E-state index in [0.29, 0.717) is 18.8 Å². The van der Waals surface area contributed by atoms with Crippen LogP contribution in [0, 0.1) is 11.7 Å². The van der Waals surface area contributed by atoms with Gasteiger partial charge in [0.2, 0.25) is 5.91 Å². The lowest BCUT2D eigenvalue weighted by molar-refractivity contribution is -0.119. The molecular weight excluding hydrogens is 265 g/mol. The van der Waals surface area contributed by atoms with Gasteiger partial charge in [-0.15, -0.1) is 0 Å². The molecule has 0 bridgehead atoms. The molecule has 1 saturated heterocycles. The predicted molar refractivity (Wildman–Crippen MR) is 74.7 cm³/mol. The van der Waals surface area contributed by atoms with Gasteiger partial charge < -0.3 is 5.32 Å². The third kappa shape index (κ3) is 3.47. The summed E-state index contributed by atoms with van der Waals surface area (Å²) in [4.78, 5) is 11.5. The Balaban J connectivity index is 2.20. The summed E-state index contributed by atoms with van der Waals surface area (Å²) in [5.41, 5.74) is 0.649. The minimum atomic E-state index is -0.400. The van der Waals surface area contributed by atoms with Crippen molar-refractivity contribution < 1.29 is 9.18 Å². The molecule has 0 aliphatic carbocycles. The van der Waals surface area contributed by atoms with Crippen molar-refractivity contribution in [3.63, 3.8) is 0 Å². The quantitative estimate of drug-likeness (QED) is 0.896. The molecule has 1 unspecified atom stereocenters. The fraction of sp³-hybridized carbons (Fsp3) is 0.533. The Labute approximate surface area is 118 Å². The Hall–Kier alpha value is -1.09. The average Bonchev–Trinajstić information content (AvgIpc) is 2.64. The number of hydrogen-bond donors (Lipinski definition) is 1. The molecule has 2 nitrogen and oxygen atoms in total. The molecule has 0 radical (unpaired) electrons. The van der Waals surface area contributed by atoms with E-state index in [2.05, 4.69) is 19.2 Å². The molecule has 1 N–H and O–H groups in total. The lowest BCUT2D eigenvalue weighted by Gasteiger charge is -2.31. The molecule has 1 aliphatic rings. The zero-order valence-corrected chi connectivity index (χ0v) is 12.1. The van der Waals surface area contributed by atoms with Gasteiger partial charge in [-0.25, -0.2) is 4.39 Å². The van der Waals surface area contributed by atoms with Gasteiger partial charge in [0.15, 0.2) is 0 Å². The number of hydrogen-bond acceptors (Lipinski definition) is 1. The van der Waals surface area contributed by atoms with Gasteiger partial charge in [-0.2, -0.15) is 0 Å². The molecule has 2 rings (SSSR count). The SMILES string of the molecule is CC(C)CC1(Cc2ccc(Cl)c(F)c2)CCC(=O)N1. The molecule has 1 aromatic carbocycles. The van der Waals surface area contributed by atoms with E-state index in [1.807, 2.05) is 6.07 Å². The maximum Gasteiger partial charge on any atom is 0.220 e. The van der Waals surface area contributed by atoms with Crippen LogP contribution in [-0.2, 0) is 11.2 Å². The minimum Gasteiger partial charge on any atom is -0.350 e. The second kappa shape index (κ2) is 5.49. The Bertz CT molecular complexity index is 489. The summed E-state index contributed by atoms with van der Waals surface area (Å²) in [6.07, 6.45) is 2.94. The maximum absolute atomic E-state index is 13.5. The first-order chi connectivity index (χ1) is 8.90. The van der Waals surface area contributed by atoms with E-state index in [0.717, 1.165) is 18.4 Å². The van der Waals surface area contributed by atoms with Gasteiger partial charge in [-0.05, 0) is 42.9 Å². The first-order valence-electron chi connectivity index (χ1n) is 6.65. The number of amides is 1. The Morgan fingerprint density at radius 3 is 2.74 bits per heavy atom. The van der Waals surface area contributed by atoms with Crippen LogP contribution < -0.4 is 5.32 Å². The van der Waals surface area contributed by atoms with Crippen LogP contribution in [0.15, 0.2) is 18.2 Å². The van der Waals surface area contributed by atoms with Crippen molar-refractivity contribution in [2.45, 2.75) is 45.1 Å². The van der Waals surface area contributed by atoms with Crippen LogP contribution in [0.3, 0.4) is 0 Å².